The molecule has 0 spiro atoms. The van der Waals surface area contributed by atoms with Gasteiger partial charge in [-0.25, -0.2) is 8.42 Å². The van der Waals surface area contributed by atoms with Gasteiger partial charge in [-0.3, -0.25) is 4.31 Å². The number of anilines is 1. The molecule has 0 unspecified atom stereocenters. The van der Waals surface area contributed by atoms with E-state index < -0.39 is 10.0 Å². The molecule has 0 saturated carbocycles. The van der Waals surface area contributed by atoms with Crippen LogP contribution >= 0.6 is 0 Å². The van der Waals surface area contributed by atoms with Gasteiger partial charge in [-0.2, -0.15) is 0 Å². The van der Waals surface area contributed by atoms with Crippen LogP contribution in [-0.2, 0) is 10.0 Å². The Morgan fingerprint density at radius 2 is 1.94 bits per heavy atom. The summed E-state index contributed by atoms with van der Waals surface area (Å²) in [5, 5.41) is 0. The van der Waals surface area contributed by atoms with Gasteiger partial charge in [0.2, 0.25) is 10.0 Å². The van der Waals surface area contributed by atoms with Crippen LogP contribution in [0.1, 0.15) is 24.0 Å². The fourth-order valence-electron chi connectivity index (χ4n) is 2.05. The van der Waals surface area contributed by atoms with E-state index in [4.69, 9.17) is 0 Å². The van der Waals surface area contributed by atoms with Gasteiger partial charge in [-0.15, -0.1) is 0 Å². The maximum atomic E-state index is 12.0. The van der Waals surface area contributed by atoms with Crippen molar-refractivity contribution >= 4 is 15.7 Å². The van der Waals surface area contributed by atoms with E-state index in [-0.39, 0.29) is 5.75 Å². The highest BCUT2D eigenvalue weighted by Crippen LogP contribution is 2.27. The van der Waals surface area contributed by atoms with Crippen LogP contribution in [0.5, 0.6) is 0 Å². The molecule has 16 heavy (non-hydrogen) atoms. The minimum Gasteiger partial charge on any atom is -0.270 e. The van der Waals surface area contributed by atoms with Gasteiger partial charge in [-0.1, -0.05) is 12.1 Å². The van der Waals surface area contributed by atoms with Crippen LogP contribution in [0.15, 0.2) is 18.2 Å². The molecule has 0 radical (unpaired) electrons. The molecule has 2 rings (SSSR count). The van der Waals surface area contributed by atoms with Crippen molar-refractivity contribution in [3.8, 4) is 0 Å². The summed E-state index contributed by atoms with van der Waals surface area (Å²) >= 11 is 0. The molecule has 1 aliphatic rings. The summed E-state index contributed by atoms with van der Waals surface area (Å²) in [5.41, 5.74) is 2.97. The molecule has 0 bridgehead atoms. The van der Waals surface area contributed by atoms with Crippen LogP contribution in [0, 0.1) is 13.8 Å². The third-order valence-electron chi connectivity index (χ3n) is 2.98. The number of nitrogens with zero attached hydrogens (tertiary/aromatic N) is 1. The van der Waals surface area contributed by atoms with E-state index >= 15 is 0 Å². The maximum absolute atomic E-state index is 12.0. The van der Waals surface area contributed by atoms with Crippen molar-refractivity contribution in [1.82, 2.24) is 0 Å². The standard InChI is InChI=1S/C12H17NO2S/c1-10-5-6-11(2)12(9-10)13-7-3-4-8-16(13,14)15/h5-6,9H,3-4,7-8H2,1-2H3. The van der Waals surface area contributed by atoms with Gasteiger partial charge in [-0.05, 0) is 43.9 Å². The van der Waals surface area contributed by atoms with Crippen LogP contribution in [0.3, 0.4) is 0 Å². The minimum atomic E-state index is -3.08. The first-order valence-electron chi connectivity index (χ1n) is 5.58. The molecular formula is C12H17NO2S. The normalized spacial score (nSPS) is 19.8. The van der Waals surface area contributed by atoms with E-state index in [9.17, 15) is 8.42 Å². The lowest BCUT2D eigenvalue weighted by Crippen LogP contribution is -2.38. The topological polar surface area (TPSA) is 37.4 Å². The predicted octanol–water partition coefficient (Wildman–Crippen LogP) is 2.23. The van der Waals surface area contributed by atoms with Gasteiger partial charge in [0.05, 0.1) is 11.4 Å². The van der Waals surface area contributed by atoms with Crippen LogP contribution in [0.2, 0.25) is 0 Å². The van der Waals surface area contributed by atoms with Crippen molar-refractivity contribution in [2.45, 2.75) is 26.7 Å². The molecule has 0 aromatic heterocycles. The van der Waals surface area contributed by atoms with Crippen LogP contribution in [0.25, 0.3) is 0 Å². The van der Waals surface area contributed by atoms with Crippen LogP contribution < -0.4 is 4.31 Å². The number of hydrogen-bond donors (Lipinski definition) is 0. The number of rotatable bonds is 1. The van der Waals surface area contributed by atoms with Gasteiger partial charge < -0.3 is 0 Å². The average molecular weight is 239 g/mol. The fraction of sp³-hybridized carbons (Fsp3) is 0.500. The molecular weight excluding hydrogens is 222 g/mol. The van der Waals surface area contributed by atoms with Gasteiger partial charge in [0.25, 0.3) is 0 Å². The first-order valence-corrected chi connectivity index (χ1v) is 7.19. The summed E-state index contributed by atoms with van der Waals surface area (Å²) in [4.78, 5) is 0. The second-order valence-electron chi connectivity index (χ2n) is 4.39. The zero-order valence-electron chi connectivity index (χ0n) is 9.73. The van der Waals surface area contributed by atoms with Gasteiger partial charge in [0.1, 0.15) is 0 Å². The van der Waals surface area contributed by atoms with Crippen molar-refractivity contribution < 1.29 is 8.42 Å². The lowest BCUT2D eigenvalue weighted by atomic mass is 10.1. The summed E-state index contributed by atoms with van der Waals surface area (Å²) in [5.74, 6) is 0.278. The monoisotopic (exact) mass is 239 g/mol. The highest BCUT2D eigenvalue weighted by atomic mass is 32.2. The predicted molar refractivity (Wildman–Crippen MR) is 66.3 cm³/mol. The van der Waals surface area contributed by atoms with E-state index in [0.717, 1.165) is 29.7 Å². The Balaban J connectivity index is 2.46. The zero-order chi connectivity index (χ0) is 11.8. The summed E-state index contributed by atoms with van der Waals surface area (Å²) in [6.07, 6.45) is 1.73. The maximum Gasteiger partial charge on any atom is 0.235 e. The zero-order valence-corrected chi connectivity index (χ0v) is 10.5. The van der Waals surface area contributed by atoms with Crippen LogP contribution in [-0.4, -0.2) is 20.7 Å². The molecule has 0 N–H and O–H groups in total. The molecule has 4 heteroatoms. The van der Waals surface area contributed by atoms with Crippen molar-refractivity contribution in [3.63, 3.8) is 0 Å². The molecule has 1 heterocycles. The molecule has 0 atom stereocenters. The molecule has 3 nitrogen and oxygen atoms in total. The van der Waals surface area contributed by atoms with Crippen LogP contribution in [0.4, 0.5) is 5.69 Å². The Morgan fingerprint density at radius 1 is 1.19 bits per heavy atom. The first-order chi connectivity index (χ1) is 7.50. The highest BCUT2D eigenvalue weighted by Gasteiger charge is 2.26. The Labute approximate surface area is 97.1 Å². The summed E-state index contributed by atoms with van der Waals surface area (Å²) in [6, 6.07) is 5.95. The van der Waals surface area contributed by atoms with Crippen molar-refractivity contribution in [2.75, 3.05) is 16.6 Å². The van der Waals surface area contributed by atoms with E-state index in [0.29, 0.717) is 6.54 Å². The molecule has 0 amide bonds. The van der Waals surface area contributed by atoms with Gasteiger partial charge in [0.15, 0.2) is 0 Å². The van der Waals surface area contributed by atoms with Gasteiger partial charge in [0, 0.05) is 6.54 Å². The third-order valence-corrected chi connectivity index (χ3v) is 4.84. The third kappa shape index (κ3) is 2.07. The number of aryl methyl sites for hydroxylation is 2. The molecule has 1 saturated heterocycles. The Kier molecular flexibility index (Phi) is 2.93. The second-order valence-corrected chi connectivity index (χ2v) is 6.40. The molecule has 88 valence electrons. The lowest BCUT2D eigenvalue weighted by Gasteiger charge is -2.29. The molecule has 1 fully saturated rings. The molecule has 0 aliphatic carbocycles. The average Bonchev–Trinajstić information content (AvgIpc) is 2.22. The smallest absolute Gasteiger partial charge is 0.235 e. The van der Waals surface area contributed by atoms with E-state index in [1.165, 1.54) is 0 Å². The number of sulfonamides is 1. The Hall–Kier alpha value is -1.03. The number of hydrogen-bond acceptors (Lipinski definition) is 2. The van der Waals surface area contributed by atoms with E-state index in [1.807, 2.05) is 32.0 Å². The Morgan fingerprint density at radius 3 is 2.62 bits per heavy atom. The van der Waals surface area contributed by atoms with Crippen molar-refractivity contribution in [1.29, 1.82) is 0 Å². The Bertz CT molecular complexity index is 494. The van der Waals surface area contributed by atoms with Gasteiger partial charge >= 0.3 is 0 Å². The number of benzene rings is 1. The first kappa shape index (κ1) is 11.5. The summed E-state index contributed by atoms with van der Waals surface area (Å²) < 4.78 is 25.5. The van der Waals surface area contributed by atoms with E-state index in [2.05, 4.69) is 0 Å². The molecule has 1 aliphatic heterocycles. The van der Waals surface area contributed by atoms with Crippen molar-refractivity contribution in [3.05, 3.63) is 29.3 Å². The highest BCUT2D eigenvalue weighted by molar-refractivity contribution is 7.92. The van der Waals surface area contributed by atoms with E-state index in [1.54, 1.807) is 4.31 Å². The summed E-state index contributed by atoms with van der Waals surface area (Å²) in [7, 11) is -3.08. The largest absolute Gasteiger partial charge is 0.270 e. The lowest BCUT2D eigenvalue weighted by molar-refractivity contribution is 0.574. The SMILES string of the molecule is Cc1ccc(C)c(N2CCCCS2(=O)=O)c1. The summed E-state index contributed by atoms with van der Waals surface area (Å²) in [6.45, 7) is 4.56. The quantitative estimate of drug-likeness (QED) is 0.753. The van der Waals surface area contributed by atoms with Crippen molar-refractivity contribution in [2.24, 2.45) is 0 Å². The minimum absolute atomic E-state index is 0.278. The molecule has 1 aromatic rings. The second kappa shape index (κ2) is 4.09. The fourth-order valence-corrected chi connectivity index (χ4v) is 3.74. The molecule has 1 aromatic carbocycles.